The van der Waals surface area contributed by atoms with Crippen molar-refractivity contribution < 1.29 is 12.9 Å². The van der Waals surface area contributed by atoms with Crippen molar-refractivity contribution in [3.63, 3.8) is 0 Å². The van der Waals surface area contributed by atoms with Crippen molar-refractivity contribution in [1.82, 2.24) is 24.4 Å². The molecule has 9 heteroatoms. The summed E-state index contributed by atoms with van der Waals surface area (Å²) in [5.41, 5.74) is 1.83. The molecule has 0 saturated heterocycles. The van der Waals surface area contributed by atoms with Crippen molar-refractivity contribution in [2.75, 3.05) is 0 Å². The second kappa shape index (κ2) is 6.57. The normalized spacial score (nSPS) is 12.4. The van der Waals surface area contributed by atoms with Gasteiger partial charge in [-0.2, -0.15) is 0 Å². The Morgan fingerprint density at radius 1 is 1.32 bits per heavy atom. The zero-order valence-electron chi connectivity index (χ0n) is 14.6. The average molecular weight is 363 g/mol. The molecule has 0 aliphatic rings. The molecular weight excluding hydrogens is 342 g/mol. The Morgan fingerprint density at radius 2 is 2.08 bits per heavy atom. The number of imidazole rings is 1. The van der Waals surface area contributed by atoms with Crippen LogP contribution in [0.5, 0.6) is 0 Å². The van der Waals surface area contributed by atoms with Crippen molar-refractivity contribution in [3.05, 3.63) is 35.6 Å². The van der Waals surface area contributed by atoms with Gasteiger partial charge in [0.05, 0.1) is 6.54 Å². The number of aromatic nitrogens is 4. The Labute approximate surface area is 146 Å². The first-order valence-corrected chi connectivity index (χ1v) is 9.50. The highest BCUT2D eigenvalue weighted by molar-refractivity contribution is 7.89. The van der Waals surface area contributed by atoms with E-state index >= 15 is 0 Å². The van der Waals surface area contributed by atoms with Crippen LogP contribution in [0.25, 0.3) is 11.2 Å². The molecule has 0 amide bonds. The molecular formula is C16H21N5O3S. The predicted molar refractivity (Wildman–Crippen MR) is 92.4 cm³/mol. The van der Waals surface area contributed by atoms with Crippen LogP contribution in [0.15, 0.2) is 27.7 Å². The minimum atomic E-state index is -3.74. The van der Waals surface area contributed by atoms with Crippen LogP contribution in [0.4, 0.5) is 0 Å². The van der Waals surface area contributed by atoms with Crippen LogP contribution in [0.3, 0.4) is 0 Å². The molecule has 0 unspecified atom stereocenters. The quantitative estimate of drug-likeness (QED) is 0.720. The van der Waals surface area contributed by atoms with Crippen LogP contribution in [-0.4, -0.2) is 28.1 Å². The molecule has 25 heavy (non-hydrogen) atoms. The zero-order chi connectivity index (χ0) is 18.2. The standard InChI is InChI=1S/C16H21N5O3S/c1-10(2)9-21-14(19-13-6-5-7-17-16(13)21)8-18-25(22,23)15-11(3)20-24-12(15)4/h5-7,10,18H,8-9H2,1-4H3. The summed E-state index contributed by atoms with van der Waals surface area (Å²) in [5.74, 6) is 1.26. The van der Waals surface area contributed by atoms with E-state index < -0.39 is 10.0 Å². The molecule has 3 heterocycles. The van der Waals surface area contributed by atoms with Gasteiger partial charge >= 0.3 is 0 Å². The molecule has 0 bridgehead atoms. The third kappa shape index (κ3) is 3.42. The molecule has 0 radical (unpaired) electrons. The number of sulfonamides is 1. The van der Waals surface area contributed by atoms with E-state index in [1.165, 1.54) is 0 Å². The summed E-state index contributed by atoms with van der Waals surface area (Å²) in [4.78, 5) is 8.99. The summed E-state index contributed by atoms with van der Waals surface area (Å²) < 4.78 is 34.7. The number of rotatable bonds is 6. The monoisotopic (exact) mass is 363 g/mol. The van der Waals surface area contributed by atoms with Crippen LogP contribution in [0.1, 0.15) is 31.1 Å². The maximum atomic E-state index is 12.6. The van der Waals surface area contributed by atoms with Crippen molar-refractivity contribution >= 4 is 21.2 Å². The van der Waals surface area contributed by atoms with E-state index in [1.54, 1.807) is 20.0 Å². The number of pyridine rings is 1. The summed E-state index contributed by atoms with van der Waals surface area (Å²) in [7, 11) is -3.74. The van der Waals surface area contributed by atoms with Gasteiger partial charge in [0.15, 0.2) is 11.4 Å². The van der Waals surface area contributed by atoms with Gasteiger partial charge in [-0.15, -0.1) is 0 Å². The molecule has 0 aromatic carbocycles. The average Bonchev–Trinajstić information content (AvgIpc) is 3.06. The Morgan fingerprint density at radius 3 is 2.72 bits per heavy atom. The van der Waals surface area contributed by atoms with E-state index in [-0.39, 0.29) is 17.2 Å². The van der Waals surface area contributed by atoms with Crippen molar-refractivity contribution in [2.45, 2.75) is 45.7 Å². The molecule has 3 rings (SSSR count). The van der Waals surface area contributed by atoms with Gasteiger partial charge in [-0.05, 0) is 31.9 Å². The predicted octanol–water partition coefficient (Wildman–Crippen LogP) is 2.17. The molecule has 0 aliphatic carbocycles. The number of nitrogens with zero attached hydrogens (tertiary/aromatic N) is 4. The van der Waals surface area contributed by atoms with Gasteiger partial charge < -0.3 is 9.09 Å². The molecule has 1 N–H and O–H groups in total. The van der Waals surface area contributed by atoms with Crippen molar-refractivity contribution in [1.29, 1.82) is 0 Å². The summed E-state index contributed by atoms with van der Waals surface area (Å²) in [6.45, 7) is 8.13. The van der Waals surface area contributed by atoms with Gasteiger partial charge in [0, 0.05) is 12.7 Å². The third-order valence-electron chi connectivity index (χ3n) is 3.79. The molecule has 3 aromatic heterocycles. The second-order valence-corrected chi connectivity index (χ2v) is 8.06. The number of aryl methyl sites for hydroxylation is 2. The largest absolute Gasteiger partial charge is 0.360 e. The minimum Gasteiger partial charge on any atom is -0.360 e. The summed E-state index contributed by atoms with van der Waals surface area (Å²) in [6.07, 6.45) is 1.71. The molecule has 0 atom stereocenters. The van der Waals surface area contributed by atoms with Gasteiger partial charge in [0.25, 0.3) is 0 Å². The molecule has 8 nitrogen and oxygen atoms in total. The summed E-state index contributed by atoms with van der Waals surface area (Å²) >= 11 is 0. The van der Waals surface area contributed by atoms with Gasteiger partial charge in [-0.3, -0.25) is 0 Å². The molecule has 0 fully saturated rings. The van der Waals surface area contributed by atoms with Crippen LogP contribution in [-0.2, 0) is 23.1 Å². The zero-order valence-corrected chi connectivity index (χ0v) is 15.5. The lowest BCUT2D eigenvalue weighted by atomic mass is 10.2. The summed E-state index contributed by atoms with van der Waals surface area (Å²) in [5, 5.41) is 3.70. The Bertz CT molecular complexity index is 985. The van der Waals surface area contributed by atoms with E-state index in [1.807, 2.05) is 16.7 Å². The molecule has 0 saturated carbocycles. The first-order chi connectivity index (χ1) is 11.8. The molecule has 0 aliphatic heterocycles. The maximum Gasteiger partial charge on any atom is 0.246 e. The van der Waals surface area contributed by atoms with E-state index in [2.05, 4.69) is 33.7 Å². The molecule has 3 aromatic rings. The van der Waals surface area contributed by atoms with E-state index in [0.29, 0.717) is 24.0 Å². The fourth-order valence-corrected chi connectivity index (χ4v) is 4.09. The number of hydrogen-bond acceptors (Lipinski definition) is 6. The topological polar surface area (TPSA) is 103 Å². The van der Waals surface area contributed by atoms with E-state index in [0.717, 1.165) is 11.2 Å². The highest BCUT2D eigenvalue weighted by Gasteiger charge is 2.25. The fourth-order valence-electron chi connectivity index (χ4n) is 2.79. The van der Waals surface area contributed by atoms with E-state index in [9.17, 15) is 8.42 Å². The molecule has 0 spiro atoms. The van der Waals surface area contributed by atoms with Crippen molar-refractivity contribution in [3.8, 4) is 0 Å². The Balaban J connectivity index is 1.93. The number of hydrogen-bond donors (Lipinski definition) is 1. The van der Waals surface area contributed by atoms with Crippen LogP contribution in [0, 0.1) is 19.8 Å². The Hall–Kier alpha value is -2.26. The van der Waals surface area contributed by atoms with E-state index in [4.69, 9.17) is 4.52 Å². The second-order valence-electron chi connectivity index (χ2n) is 6.36. The van der Waals surface area contributed by atoms with Crippen LogP contribution in [0.2, 0.25) is 0 Å². The summed E-state index contributed by atoms with van der Waals surface area (Å²) in [6, 6.07) is 3.68. The first-order valence-electron chi connectivity index (χ1n) is 8.02. The lowest BCUT2D eigenvalue weighted by molar-refractivity contribution is 0.390. The molecule has 134 valence electrons. The smallest absolute Gasteiger partial charge is 0.246 e. The van der Waals surface area contributed by atoms with Crippen molar-refractivity contribution in [2.24, 2.45) is 5.92 Å². The lowest BCUT2D eigenvalue weighted by Crippen LogP contribution is -2.26. The van der Waals surface area contributed by atoms with Crippen LogP contribution < -0.4 is 4.72 Å². The maximum absolute atomic E-state index is 12.6. The third-order valence-corrected chi connectivity index (χ3v) is 5.43. The van der Waals surface area contributed by atoms with Crippen LogP contribution >= 0.6 is 0 Å². The number of nitrogens with one attached hydrogen (secondary N) is 1. The number of fused-ring (bicyclic) bond motifs is 1. The van der Waals surface area contributed by atoms with Gasteiger partial charge in [0.2, 0.25) is 10.0 Å². The highest BCUT2D eigenvalue weighted by Crippen LogP contribution is 2.20. The highest BCUT2D eigenvalue weighted by atomic mass is 32.2. The van der Waals surface area contributed by atoms with Gasteiger partial charge in [-0.25, -0.2) is 23.1 Å². The van der Waals surface area contributed by atoms with Gasteiger partial charge in [0.1, 0.15) is 21.9 Å². The van der Waals surface area contributed by atoms with Gasteiger partial charge in [-0.1, -0.05) is 19.0 Å². The minimum absolute atomic E-state index is 0.0650. The SMILES string of the molecule is Cc1noc(C)c1S(=O)(=O)NCc1nc2cccnc2n1CC(C)C. The lowest BCUT2D eigenvalue weighted by Gasteiger charge is -2.12. The fraction of sp³-hybridized carbons (Fsp3) is 0.438. The Kier molecular flexibility index (Phi) is 4.61. The first kappa shape index (κ1) is 17.6.